The van der Waals surface area contributed by atoms with Crippen LogP contribution in [0.25, 0.3) is 0 Å². The van der Waals surface area contributed by atoms with E-state index in [4.69, 9.17) is 22.4 Å². The van der Waals surface area contributed by atoms with Crippen LogP contribution in [0.4, 0.5) is 11.8 Å². The lowest BCUT2D eigenvalue weighted by atomic mass is 10.1. The van der Waals surface area contributed by atoms with Crippen LogP contribution in [-0.4, -0.2) is 21.6 Å². The number of hydrogen-bond acceptors (Lipinski definition) is 5. The van der Waals surface area contributed by atoms with Crippen molar-refractivity contribution in [2.45, 2.75) is 6.42 Å². The molecule has 2 aromatic rings. The van der Waals surface area contributed by atoms with E-state index in [0.717, 1.165) is 12.0 Å². The predicted octanol–water partition coefficient (Wildman–Crippen LogP) is 2.07. The molecule has 1 aromatic carbocycles. The molecule has 0 aliphatic carbocycles. The SMILES string of the molecule is Nc1ncc(Cl)c(NCCc2ccc(O)cc2)n1. The summed E-state index contributed by atoms with van der Waals surface area (Å²) < 4.78 is 0. The van der Waals surface area contributed by atoms with Crippen LogP contribution in [-0.2, 0) is 6.42 Å². The van der Waals surface area contributed by atoms with Crippen LogP contribution in [0, 0.1) is 0 Å². The molecular formula is C12H13ClN4O. The summed E-state index contributed by atoms with van der Waals surface area (Å²) in [7, 11) is 0. The maximum Gasteiger partial charge on any atom is 0.222 e. The lowest BCUT2D eigenvalue weighted by Gasteiger charge is -2.07. The molecule has 94 valence electrons. The number of nitrogens with zero attached hydrogens (tertiary/aromatic N) is 2. The molecule has 1 heterocycles. The molecule has 18 heavy (non-hydrogen) atoms. The lowest BCUT2D eigenvalue weighted by Crippen LogP contribution is -2.08. The molecule has 0 radical (unpaired) electrons. The van der Waals surface area contributed by atoms with Gasteiger partial charge in [-0.15, -0.1) is 0 Å². The first-order valence-electron chi connectivity index (χ1n) is 5.45. The minimum Gasteiger partial charge on any atom is -0.508 e. The molecule has 1 aromatic heterocycles. The number of phenols is 1. The zero-order valence-electron chi connectivity index (χ0n) is 9.60. The van der Waals surface area contributed by atoms with Crippen LogP contribution in [0.5, 0.6) is 5.75 Å². The first-order valence-corrected chi connectivity index (χ1v) is 5.83. The fourth-order valence-corrected chi connectivity index (χ4v) is 1.65. The molecule has 6 heteroatoms. The van der Waals surface area contributed by atoms with Gasteiger partial charge in [0.15, 0.2) is 0 Å². The van der Waals surface area contributed by atoms with Crippen molar-refractivity contribution in [3.8, 4) is 5.75 Å². The van der Waals surface area contributed by atoms with Gasteiger partial charge in [0.2, 0.25) is 5.95 Å². The third-order valence-electron chi connectivity index (χ3n) is 2.41. The van der Waals surface area contributed by atoms with E-state index >= 15 is 0 Å². The summed E-state index contributed by atoms with van der Waals surface area (Å²) in [5, 5.41) is 12.7. The van der Waals surface area contributed by atoms with Crippen LogP contribution in [0.2, 0.25) is 5.02 Å². The van der Waals surface area contributed by atoms with Gasteiger partial charge in [-0.05, 0) is 24.1 Å². The normalized spacial score (nSPS) is 10.3. The van der Waals surface area contributed by atoms with E-state index in [1.807, 2.05) is 12.1 Å². The Hall–Kier alpha value is -2.01. The molecule has 0 amide bonds. The fourth-order valence-electron chi connectivity index (χ4n) is 1.49. The summed E-state index contributed by atoms with van der Waals surface area (Å²) >= 11 is 5.92. The number of nitrogen functional groups attached to an aromatic ring is 1. The van der Waals surface area contributed by atoms with Gasteiger partial charge >= 0.3 is 0 Å². The Labute approximate surface area is 110 Å². The molecule has 5 nitrogen and oxygen atoms in total. The molecule has 0 spiro atoms. The van der Waals surface area contributed by atoms with E-state index in [1.165, 1.54) is 6.20 Å². The van der Waals surface area contributed by atoms with E-state index in [1.54, 1.807) is 12.1 Å². The monoisotopic (exact) mass is 264 g/mol. The van der Waals surface area contributed by atoms with Crippen molar-refractivity contribution < 1.29 is 5.11 Å². The number of aromatic hydroxyl groups is 1. The minimum absolute atomic E-state index is 0.187. The summed E-state index contributed by atoms with van der Waals surface area (Å²) in [5.74, 6) is 0.979. The molecule has 0 fully saturated rings. The summed E-state index contributed by atoms with van der Waals surface area (Å²) in [6.45, 7) is 0.668. The van der Waals surface area contributed by atoms with Gasteiger partial charge in [-0.1, -0.05) is 23.7 Å². The summed E-state index contributed by atoms with van der Waals surface area (Å²) in [5.41, 5.74) is 6.59. The topological polar surface area (TPSA) is 84.1 Å². The second-order valence-corrected chi connectivity index (χ2v) is 4.18. The Balaban J connectivity index is 1.92. The number of phenolic OH excluding ortho intramolecular Hbond substituents is 1. The molecule has 0 aliphatic heterocycles. The van der Waals surface area contributed by atoms with Crippen LogP contribution in [0.15, 0.2) is 30.5 Å². The highest BCUT2D eigenvalue weighted by molar-refractivity contribution is 6.32. The number of nitrogens with two attached hydrogens (primary N) is 1. The number of benzene rings is 1. The number of rotatable bonds is 4. The summed E-state index contributed by atoms with van der Waals surface area (Å²) in [6.07, 6.45) is 2.26. The Kier molecular flexibility index (Phi) is 3.84. The first-order chi connectivity index (χ1) is 8.65. The molecule has 0 saturated heterocycles. The van der Waals surface area contributed by atoms with Gasteiger partial charge in [-0.3, -0.25) is 0 Å². The third kappa shape index (κ3) is 3.24. The number of hydrogen-bond donors (Lipinski definition) is 3. The maximum atomic E-state index is 9.16. The first kappa shape index (κ1) is 12.4. The van der Waals surface area contributed by atoms with Crippen molar-refractivity contribution in [2.75, 3.05) is 17.6 Å². The smallest absolute Gasteiger partial charge is 0.222 e. The Morgan fingerprint density at radius 1 is 1.28 bits per heavy atom. The van der Waals surface area contributed by atoms with Gasteiger partial charge in [0.1, 0.15) is 16.6 Å². The quantitative estimate of drug-likeness (QED) is 0.787. The molecule has 0 aliphatic rings. The average Bonchev–Trinajstić information content (AvgIpc) is 2.36. The van der Waals surface area contributed by atoms with Gasteiger partial charge in [0.25, 0.3) is 0 Å². The molecule has 2 rings (SSSR count). The molecule has 0 unspecified atom stereocenters. The number of nitrogens with one attached hydrogen (secondary N) is 1. The molecular weight excluding hydrogens is 252 g/mol. The van der Waals surface area contributed by atoms with Crippen molar-refractivity contribution in [1.29, 1.82) is 0 Å². The van der Waals surface area contributed by atoms with Crippen molar-refractivity contribution in [3.05, 3.63) is 41.0 Å². The highest BCUT2D eigenvalue weighted by Crippen LogP contribution is 2.18. The predicted molar refractivity (Wildman–Crippen MR) is 71.8 cm³/mol. The molecule has 0 atom stereocenters. The molecule has 0 saturated carbocycles. The van der Waals surface area contributed by atoms with Crippen LogP contribution in [0.3, 0.4) is 0 Å². The Morgan fingerprint density at radius 3 is 2.72 bits per heavy atom. The highest BCUT2D eigenvalue weighted by atomic mass is 35.5. The van der Waals surface area contributed by atoms with Gasteiger partial charge < -0.3 is 16.2 Å². The van der Waals surface area contributed by atoms with Crippen LogP contribution < -0.4 is 11.1 Å². The molecule has 0 bridgehead atoms. The Bertz CT molecular complexity index is 530. The van der Waals surface area contributed by atoms with E-state index < -0.39 is 0 Å². The van der Waals surface area contributed by atoms with Gasteiger partial charge in [-0.2, -0.15) is 4.98 Å². The second kappa shape index (κ2) is 5.55. The summed E-state index contributed by atoms with van der Waals surface area (Å²) in [4.78, 5) is 7.78. The van der Waals surface area contributed by atoms with Gasteiger partial charge in [0.05, 0.1) is 6.20 Å². The molecule has 4 N–H and O–H groups in total. The summed E-state index contributed by atoms with van der Waals surface area (Å²) in [6, 6.07) is 7.05. The average molecular weight is 265 g/mol. The third-order valence-corrected chi connectivity index (χ3v) is 2.68. The largest absolute Gasteiger partial charge is 0.508 e. The van der Waals surface area contributed by atoms with Gasteiger partial charge in [-0.25, -0.2) is 4.98 Å². The number of halogens is 1. The van der Waals surface area contributed by atoms with Crippen molar-refractivity contribution in [1.82, 2.24) is 9.97 Å². The second-order valence-electron chi connectivity index (χ2n) is 3.77. The number of aromatic nitrogens is 2. The maximum absolute atomic E-state index is 9.16. The van der Waals surface area contributed by atoms with Crippen LogP contribution in [0.1, 0.15) is 5.56 Å². The van der Waals surface area contributed by atoms with E-state index in [2.05, 4.69) is 15.3 Å². The highest BCUT2D eigenvalue weighted by Gasteiger charge is 2.02. The van der Waals surface area contributed by atoms with Gasteiger partial charge in [0, 0.05) is 6.54 Å². The lowest BCUT2D eigenvalue weighted by molar-refractivity contribution is 0.475. The minimum atomic E-state index is 0.187. The van der Waals surface area contributed by atoms with E-state index in [-0.39, 0.29) is 11.7 Å². The van der Waals surface area contributed by atoms with Crippen LogP contribution >= 0.6 is 11.6 Å². The Morgan fingerprint density at radius 2 is 2.00 bits per heavy atom. The zero-order valence-corrected chi connectivity index (χ0v) is 10.4. The van der Waals surface area contributed by atoms with E-state index in [0.29, 0.717) is 17.4 Å². The number of anilines is 2. The standard InChI is InChI=1S/C12H13ClN4O/c13-10-7-16-12(14)17-11(10)15-6-5-8-1-3-9(18)4-2-8/h1-4,7,18H,5-6H2,(H3,14,15,16,17). The van der Waals surface area contributed by atoms with E-state index in [9.17, 15) is 0 Å². The fraction of sp³-hybridized carbons (Fsp3) is 0.167. The van der Waals surface area contributed by atoms with Crippen molar-refractivity contribution in [2.24, 2.45) is 0 Å². The van der Waals surface area contributed by atoms with Crippen molar-refractivity contribution >= 4 is 23.4 Å². The van der Waals surface area contributed by atoms with Crippen molar-refractivity contribution in [3.63, 3.8) is 0 Å². The zero-order chi connectivity index (χ0) is 13.0.